The Hall–Kier alpha value is -2.27. The Morgan fingerprint density at radius 2 is 1.53 bits per heavy atom. The molecule has 96 valence electrons. The number of aliphatic imine (C=N–C) groups is 1. The predicted molar refractivity (Wildman–Crippen MR) is 81.1 cm³/mol. The zero-order valence-corrected chi connectivity index (χ0v) is 11.0. The highest BCUT2D eigenvalue weighted by molar-refractivity contribution is 7.96. The van der Waals surface area contributed by atoms with Crippen LogP contribution in [-0.2, 0) is 0 Å². The Balaban J connectivity index is 2.21. The number of hydrogen-bond donors (Lipinski definition) is 3. The molecule has 0 spiro atoms. The summed E-state index contributed by atoms with van der Waals surface area (Å²) in [6.07, 6.45) is 0. The first-order valence-corrected chi connectivity index (χ1v) is 6.14. The molecule has 0 saturated carbocycles. The highest BCUT2D eigenvalue weighted by Gasteiger charge is 2.03. The maximum atomic E-state index is 11.1. The van der Waals surface area contributed by atoms with Crippen LogP contribution in [0.5, 0.6) is 0 Å². The molecule has 0 unspecified atom stereocenters. The third kappa shape index (κ3) is 4.48. The average Bonchev–Trinajstić information content (AvgIpc) is 2.40. The van der Waals surface area contributed by atoms with Crippen LogP contribution in [0.2, 0.25) is 0 Å². The molecule has 0 heterocycles. The highest BCUT2D eigenvalue weighted by atomic mass is 32.1. The molecule has 0 aliphatic rings. The number of anilines is 1. The van der Waals surface area contributed by atoms with E-state index in [0.717, 1.165) is 11.4 Å². The van der Waals surface area contributed by atoms with E-state index < -0.39 is 5.24 Å². The van der Waals surface area contributed by atoms with Gasteiger partial charge in [-0.3, -0.25) is 10.1 Å². The molecule has 0 aromatic heterocycles. The number of para-hydroxylation sites is 2. The molecule has 2 rings (SSSR count). The summed E-state index contributed by atoms with van der Waals surface area (Å²) in [5, 5.41) is 5.10. The van der Waals surface area contributed by atoms with Crippen LogP contribution in [0.4, 0.5) is 16.2 Å². The van der Waals surface area contributed by atoms with Crippen LogP contribution in [0.25, 0.3) is 0 Å². The molecule has 5 heteroatoms. The molecule has 0 radical (unpaired) electrons. The summed E-state index contributed by atoms with van der Waals surface area (Å²) >= 11 is 3.70. The van der Waals surface area contributed by atoms with Crippen LogP contribution < -0.4 is 10.6 Å². The third-order valence-corrected chi connectivity index (χ3v) is 2.37. The van der Waals surface area contributed by atoms with Gasteiger partial charge in [-0.1, -0.05) is 49.0 Å². The second-order valence-electron chi connectivity index (χ2n) is 3.72. The van der Waals surface area contributed by atoms with Crippen molar-refractivity contribution in [2.24, 2.45) is 4.99 Å². The van der Waals surface area contributed by atoms with Gasteiger partial charge in [-0.2, -0.15) is 0 Å². The number of benzene rings is 2. The van der Waals surface area contributed by atoms with Crippen molar-refractivity contribution < 1.29 is 4.79 Å². The fourth-order valence-corrected chi connectivity index (χ4v) is 1.58. The van der Waals surface area contributed by atoms with Crippen LogP contribution in [-0.4, -0.2) is 11.2 Å². The highest BCUT2D eigenvalue weighted by Crippen LogP contribution is 2.11. The van der Waals surface area contributed by atoms with Crippen molar-refractivity contribution in [3.05, 3.63) is 60.7 Å². The maximum absolute atomic E-state index is 11.1. The minimum Gasteiger partial charge on any atom is -0.326 e. The van der Waals surface area contributed by atoms with Crippen molar-refractivity contribution in [3.8, 4) is 0 Å². The van der Waals surface area contributed by atoms with Crippen LogP contribution in [0.1, 0.15) is 0 Å². The van der Waals surface area contributed by atoms with E-state index in [2.05, 4.69) is 28.3 Å². The summed E-state index contributed by atoms with van der Waals surface area (Å²) in [5.41, 5.74) is 1.57. The van der Waals surface area contributed by atoms with Crippen LogP contribution in [0, 0.1) is 0 Å². The number of rotatable bonds is 2. The smallest absolute Gasteiger partial charge is 0.282 e. The van der Waals surface area contributed by atoms with Crippen LogP contribution in [0.15, 0.2) is 65.7 Å². The number of thiol groups is 1. The van der Waals surface area contributed by atoms with Crippen molar-refractivity contribution in [2.75, 3.05) is 5.32 Å². The molecule has 19 heavy (non-hydrogen) atoms. The molecule has 1 amide bonds. The number of nitrogens with one attached hydrogen (secondary N) is 2. The average molecular weight is 271 g/mol. The molecule has 0 aliphatic heterocycles. The van der Waals surface area contributed by atoms with E-state index in [1.54, 1.807) is 0 Å². The fourth-order valence-electron chi connectivity index (χ4n) is 1.48. The molecule has 0 fully saturated rings. The van der Waals surface area contributed by atoms with Gasteiger partial charge < -0.3 is 5.32 Å². The second-order valence-corrected chi connectivity index (χ2v) is 4.12. The summed E-state index contributed by atoms with van der Waals surface area (Å²) in [7, 11) is 0. The summed E-state index contributed by atoms with van der Waals surface area (Å²) in [5.74, 6) is 0.331. The van der Waals surface area contributed by atoms with Crippen LogP contribution >= 0.6 is 12.6 Å². The molecule has 0 aliphatic carbocycles. The SMILES string of the molecule is O=C(S)NC(=Nc1ccccc1)Nc1ccccc1. The first-order chi connectivity index (χ1) is 9.24. The number of nitrogens with zero attached hydrogens (tertiary/aromatic N) is 1. The summed E-state index contributed by atoms with van der Waals surface area (Å²) in [6.45, 7) is 0. The van der Waals surface area contributed by atoms with Crippen molar-refractivity contribution in [3.63, 3.8) is 0 Å². The van der Waals surface area contributed by atoms with E-state index in [9.17, 15) is 4.79 Å². The minimum absolute atomic E-state index is 0.331. The molecular formula is C14H13N3OS. The van der Waals surface area contributed by atoms with Crippen molar-refractivity contribution in [1.82, 2.24) is 5.32 Å². The summed E-state index contributed by atoms with van der Waals surface area (Å²) < 4.78 is 0. The van der Waals surface area contributed by atoms with E-state index in [1.807, 2.05) is 60.7 Å². The number of amides is 1. The lowest BCUT2D eigenvalue weighted by molar-refractivity contribution is 0.264. The lowest BCUT2D eigenvalue weighted by Crippen LogP contribution is -2.32. The molecule has 0 saturated heterocycles. The first-order valence-electron chi connectivity index (χ1n) is 5.70. The molecule has 4 nitrogen and oxygen atoms in total. The summed E-state index contributed by atoms with van der Waals surface area (Å²) in [6, 6.07) is 18.8. The van der Waals surface area contributed by atoms with E-state index >= 15 is 0 Å². The fraction of sp³-hybridized carbons (Fsp3) is 0. The maximum Gasteiger partial charge on any atom is 0.282 e. The van der Waals surface area contributed by atoms with Crippen molar-refractivity contribution in [1.29, 1.82) is 0 Å². The lowest BCUT2D eigenvalue weighted by Gasteiger charge is -2.09. The monoisotopic (exact) mass is 271 g/mol. The van der Waals surface area contributed by atoms with Gasteiger partial charge in [0.2, 0.25) is 5.96 Å². The number of carbonyl (C=O) groups is 1. The van der Waals surface area contributed by atoms with Gasteiger partial charge in [0.25, 0.3) is 5.24 Å². The Bertz CT molecular complexity index is 570. The molecule has 0 bridgehead atoms. The number of guanidine groups is 1. The molecule has 0 atom stereocenters. The van der Waals surface area contributed by atoms with Crippen LogP contribution in [0.3, 0.4) is 0 Å². The standard InChI is InChI=1S/C14H13N3OS/c18-14(19)17-13(15-11-7-3-1-4-8-11)16-12-9-5-2-6-10-12/h1-10H,(H3,15,16,17,18,19). The quantitative estimate of drug-likeness (QED) is 0.445. The van der Waals surface area contributed by atoms with Gasteiger partial charge in [0.05, 0.1) is 5.69 Å². The zero-order valence-electron chi connectivity index (χ0n) is 10.1. The molecule has 2 aromatic carbocycles. The van der Waals surface area contributed by atoms with E-state index in [1.165, 1.54) is 0 Å². The normalized spacial score (nSPS) is 10.9. The van der Waals surface area contributed by atoms with Gasteiger partial charge in [0.15, 0.2) is 0 Å². The molecule has 2 aromatic rings. The van der Waals surface area contributed by atoms with E-state index in [0.29, 0.717) is 5.96 Å². The minimum atomic E-state index is -0.474. The summed E-state index contributed by atoms with van der Waals surface area (Å²) in [4.78, 5) is 15.4. The van der Waals surface area contributed by atoms with E-state index in [-0.39, 0.29) is 0 Å². The van der Waals surface area contributed by atoms with Gasteiger partial charge in [0.1, 0.15) is 0 Å². The van der Waals surface area contributed by atoms with E-state index in [4.69, 9.17) is 0 Å². The lowest BCUT2D eigenvalue weighted by atomic mass is 10.3. The Kier molecular flexibility index (Phi) is 4.58. The van der Waals surface area contributed by atoms with Gasteiger partial charge in [-0.05, 0) is 24.3 Å². The zero-order chi connectivity index (χ0) is 13.5. The van der Waals surface area contributed by atoms with Crippen molar-refractivity contribution >= 4 is 35.2 Å². The Morgan fingerprint density at radius 3 is 2.11 bits per heavy atom. The Morgan fingerprint density at radius 1 is 0.947 bits per heavy atom. The van der Waals surface area contributed by atoms with Gasteiger partial charge in [0, 0.05) is 5.69 Å². The van der Waals surface area contributed by atoms with Gasteiger partial charge >= 0.3 is 0 Å². The van der Waals surface area contributed by atoms with Crippen molar-refractivity contribution in [2.45, 2.75) is 0 Å². The number of carbonyl (C=O) groups excluding carboxylic acids is 1. The van der Waals surface area contributed by atoms with Gasteiger partial charge in [-0.25, -0.2) is 4.99 Å². The molecular weight excluding hydrogens is 258 g/mol. The predicted octanol–water partition coefficient (Wildman–Crippen LogP) is 3.43. The largest absolute Gasteiger partial charge is 0.326 e. The second kappa shape index (κ2) is 6.61. The van der Waals surface area contributed by atoms with Gasteiger partial charge in [-0.15, -0.1) is 0 Å². The third-order valence-electron chi connectivity index (χ3n) is 2.26. The topological polar surface area (TPSA) is 53.5 Å². The molecule has 2 N–H and O–H groups in total. The Labute approximate surface area is 117 Å². The first kappa shape index (κ1) is 13.2. The number of hydrogen-bond acceptors (Lipinski definition) is 2.